The number of nitrogens with zero attached hydrogens (tertiary/aromatic N) is 1. The summed E-state index contributed by atoms with van der Waals surface area (Å²) >= 11 is 0. The number of unbranched alkanes of at least 4 members (excludes halogenated alkanes) is 7. The molecule has 0 radical (unpaired) electrons. The van der Waals surface area contributed by atoms with Crippen molar-refractivity contribution in [3.8, 4) is 0 Å². The maximum absolute atomic E-state index is 14.3. The van der Waals surface area contributed by atoms with Crippen LogP contribution >= 0.6 is 0 Å². The first-order valence-electron chi connectivity index (χ1n) is 13.6. The Bertz CT molecular complexity index is 947. The van der Waals surface area contributed by atoms with Crippen LogP contribution in [0.25, 0.3) is 11.1 Å². The van der Waals surface area contributed by atoms with Crippen LogP contribution in [0, 0.1) is 0 Å². The Morgan fingerprint density at radius 3 is 2.20 bits per heavy atom. The molecule has 1 N–H and O–H groups in total. The average Bonchev–Trinajstić information content (AvgIpc) is 2.78. The lowest BCUT2D eigenvalue weighted by atomic mass is 9.85. The summed E-state index contributed by atoms with van der Waals surface area (Å²) in [7, 11) is 2.08. The molecule has 1 aromatic rings. The molecule has 1 aromatic carbocycles. The summed E-state index contributed by atoms with van der Waals surface area (Å²) in [4.78, 5) is 2.25. The second kappa shape index (κ2) is 12.7. The van der Waals surface area contributed by atoms with Gasteiger partial charge in [0.15, 0.2) is 0 Å². The van der Waals surface area contributed by atoms with Gasteiger partial charge in [0.2, 0.25) is 0 Å². The molecule has 35 heavy (non-hydrogen) atoms. The predicted octanol–water partition coefficient (Wildman–Crippen LogP) is 9.71. The quantitative estimate of drug-likeness (QED) is 0.295. The van der Waals surface area contributed by atoms with Crippen molar-refractivity contribution < 1.29 is 13.2 Å². The number of anilines is 1. The van der Waals surface area contributed by atoms with Gasteiger partial charge in [0.05, 0.1) is 5.57 Å². The van der Waals surface area contributed by atoms with E-state index in [4.69, 9.17) is 0 Å². The number of hydrogen-bond acceptors (Lipinski definition) is 2. The van der Waals surface area contributed by atoms with Gasteiger partial charge in [-0.25, -0.2) is 0 Å². The van der Waals surface area contributed by atoms with Gasteiger partial charge in [-0.15, -0.1) is 0 Å². The first-order chi connectivity index (χ1) is 16.8. The molecule has 194 valence electrons. The van der Waals surface area contributed by atoms with Crippen LogP contribution in [0.4, 0.5) is 18.9 Å². The van der Waals surface area contributed by atoms with Crippen LogP contribution in [0.3, 0.4) is 0 Å². The minimum atomic E-state index is -4.40. The van der Waals surface area contributed by atoms with Crippen LogP contribution in [-0.4, -0.2) is 24.7 Å². The number of allylic oxidation sites excluding steroid dienone is 5. The van der Waals surface area contributed by atoms with E-state index in [0.717, 1.165) is 55.5 Å². The van der Waals surface area contributed by atoms with Crippen molar-refractivity contribution in [2.24, 2.45) is 0 Å². The van der Waals surface area contributed by atoms with Crippen LogP contribution in [0.15, 0.2) is 41.2 Å². The first-order valence-corrected chi connectivity index (χ1v) is 13.6. The lowest BCUT2D eigenvalue weighted by Crippen LogP contribution is -2.22. The highest BCUT2D eigenvalue weighted by Crippen LogP contribution is 2.46. The molecule has 1 fully saturated rings. The summed E-state index contributed by atoms with van der Waals surface area (Å²) in [6.45, 7) is 7.24. The van der Waals surface area contributed by atoms with Gasteiger partial charge in [-0.3, -0.25) is 0 Å². The maximum Gasteiger partial charge on any atom is 0.417 e. The molecule has 0 unspecified atom stereocenters. The third-order valence-electron chi connectivity index (χ3n) is 7.51. The number of rotatable bonds is 12. The molecule has 1 aliphatic carbocycles. The van der Waals surface area contributed by atoms with Crippen LogP contribution < -0.4 is 5.32 Å². The molecule has 0 amide bonds. The van der Waals surface area contributed by atoms with Gasteiger partial charge in [0.25, 0.3) is 0 Å². The van der Waals surface area contributed by atoms with Crippen molar-refractivity contribution in [2.45, 2.75) is 104 Å². The monoisotopic (exact) mass is 488 g/mol. The standard InChI is InChI=1S/C30H43F3N2/c1-5-7-8-9-10-11-12-13-20-35(4)28(6-2)22(3)24-18-15-19-26-29(24)25(30(31,32)33)21-27(34-26)23-16-14-17-23/h15,18-19,21,34H,5-14,16-17,20H2,1-4H3/b28-22-. The lowest BCUT2D eigenvalue weighted by Gasteiger charge is -2.31. The molecule has 0 atom stereocenters. The third kappa shape index (κ3) is 6.95. The Balaban J connectivity index is 1.79. The topological polar surface area (TPSA) is 15.3 Å². The normalized spacial score (nSPS) is 16.3. The van der Waals surface area contributed by atoms with Gasteiger partial charge in [-0.2, -0.15) is 13.2 Å². The summed E-state index contributed by atoms with van der Waals surface area (Å²) in [5, 5.41) is 3.32. The summed E-state index contributed by atoms with van der Waals surface area (Å²) in [5.74, 6) is 0. The van der Waals surface area contributed by atoms with E-state index >= 15 is 0 Å². The molecule has 0 aromatic heterocycles. The van der Waals surface area contributed by atoms with E-state index < -0.39 is 11.7 Å². The number of alkyl halides is 3. The Morgan fingerprint density at radius 1 is 0.971 bits per heavy atom. The summed E-state index contributed by atoms with van der Waals surface area (Å²) in [6, 6.07) is 5.50. The van der Waals surface area contributed by atoms with Gasteiger partial charge in [0, 0.05) is 36.2 Å². The SMILES string of the molecule is CCCCCCCCCCN(C)/C(CC)=C(/C)c1cccc2c1C(C(F)(F)F)=CC(=C1CCC1)N2. The largest absolute Gasteiger partial charge is 0.417 e. The third-order valence-corrected chi connectivity index (χ3v) is 7.51. The number of hydrogen-bond donors (Lipinski definition) is 1. The molecule has 1 aliphatic heterocycles. The van der Waals surface area contributed by atoms with E-state index in [1.54, 1.807) is 6.07 Å². The highest BCUT2D eigenvalue weighted by Gasteiger charge is 2.40. The van der Waals surface area contributed by atoms with Gasteiger partial charge in [-0.1, -0.05) is 70.9 Å². The van der Waals surface area contributed by atoms with E-state index in [1.165, 1.54) is 51.0 Å². The number of nitrogens with one attached hydrogen (secondary N) is 1. The summed E-state index contributed by atoms with van der Waals surface area (Å²) < 4.78 is 42.8. The molecular weight excluding hydrogens is 445 g/mol. The average molecular weight is 489 g/mol. The minimum absolute atomic E-state index is 0.285. The fraction of sp³-hybridized carbons (Fsp3) is 0.600. The number of benzene rings is 1. The molecule has 1 saturated carbocycles. The van der Waals surface area contributed by atoms with Gasteiger partial charge >= 0.3 is 6.18 Å². The lowest BCUT2D eigenvalue weighted by molar-refractivity contribution is -0.0689. The molecule has 3 rings (SSSR count). The summed E-state index contributed by atoms with van der Waals surface area (Å²) in [5.41, 5.74) is 4.77. The maximum atomic E-state index is 14.3. The Morgan fingerprint density at radius 2 is 1.63 bits per heavy atom. The molecule has 2 aliphatic rings. The number of fused-ring (bicyclic) bond motifs is 1. The Labute approximate surface area is 210 Å². The second-order valence-corrected chi connectivity index (χ2v) is 10.1. The molecule has 2 nitrogen and oxygen atoms in total. The van der Waals surface area contributed by atoms with Crippen LogP contribution in [0.2, 0.25) is 0 Å². The molecule has 0 spiro atoms. The van der Waals surface area contributed by atoms with Gasteiger partial charge in [-0.05, 0) is 67.9 Å². The van der Waals surface area contributed by atoms with E-state index in [0.29, 0.717) is 16.9 Å². The Hall–Kier alpha value is -2.17. The van der Waals surface area contributed by atoms with E-state index in [1.807, 2.05) is 19.1 Å². The van der Waals surface area contributed by atoms with E-state index in [2.05, 4.69) is 31.1 Å². The van der Waals surface area contributed by atoms with Crippen molar-refractivity contribution in [2.75, 3.05) is 18.9 Å². The molecule has 0 saturated heterocycles. The molecular formula is C30H43F3N2. The van der Waals surface area contributed by atoms with Crippen LogP contribution in [-0.2, 0) is 0 Å². The fourth-order valence-corrected chi connectivity index (χ4v) is 5.29. The summed E-state index contributed by atoms with van der Waals surface area (Å²) in [6.07, 6.45) is 10.7. The van der Waals surface area contributed by atoms with Crippen molar-refractivity contribution >= 4 is 16.8 Å². The van der Waals surface area contributed by atoms with Gasteiger partial charge < -0.3 is 10.2 Å². The van der Waals surface area contributed by atoms with E-state index in [9.17, 15) is 13.2 Å². The predicted molar refractivity (Wildman–Crippen MR) is 143 cm³/mol. The smallest absolute Gasteiger partial charge is 0.378 e. The highest BCUT2D eigenvalue weighted by atomic mass is 19.4. The van der Waals surface area contributed by atoms with Crippen LogP contribution in [0.5, 0.6) is 0 Å². The van der Waals surface area contributed by atoms with Gasteiger partial charge in [0.1, 0.15) is 0 Å². The number of halogens is 3. The van der Waals surface area contributed by atoms with E-state index in [-0.39, 0.29) is 5.56 Å². The zero-order valence-corrected chi connectivity index (χ0v) is 22.1. The highest BCUT2D eigenvalue weighted by molar-refractivity contribution is 5.92. The first kappa shape index (κ1) is 27.4. The van der Waals surface area contributed by atoms with Crippen molar-refractivity contribution in [1.82, 2.24) is 4.90 Å². The Kier molecular flexibility index (Phi) is 9.94. The van der Waals surface area contributed by atoms with Crippen molar-refractivity contribution in [3.05, 3.63) is 52.4 Å². The van der Waals surface area contributed by atoms with Crippen molar-refractivity contribution in [3.63, 3.8) is 0 Å². The zero-order valence-electron chi connectivity index (χ0n) is 22.1. The fourth-order valence-electron chi connectivity index (χ4n) is 5.29. The molecule has 5 heteroatoms. The zero-order chi connectivity index (χ0) is 25.4. The second-order valence-electron chi connectivity index (χ2n) is 10.1. The van der Waals surface area contributed by atoms with Crippen molar-refractivity contribution in [1.29, 1.82) is 0 Å². The van der Waals surface area contributed by atoms with Crippen LogP contribution in [0.1, 0.15) is 109 Å². The molecule has 1 heterocycles. The minimum Gasteiger partial charge on any atom is -0.378 e. The molecule has 0 bridgehead atoms.